The van der Waals surface area contributed by atoms with Crippen molar-refractivity contribution in [2.45, 2.75) is 6.43 Å². The van der Waals surface area contributed by atoms with Crippen LogP contribution < -0.4 is 4.74 Å². The number of nitrogens with zero attached hydrogens (tertiary/aromatic N) is 1. The molecule has 0 amide bonds. The maximum atomic E-state index is 11.6. The average Bonchev–Trinajstić information content (AvgIpc) is 2.03. The summed E-state index contributed by atoms with van der Waals surface area (Å²) in [5, 5.41) is 0. The molecule has 0 spiro atoms. The number of pyridine rings is 1. The maximum Gasteiger partial charge on any atom is 0.272 e. The van der Waals surface area contributed by atoms with Crippen LogP contribution in [0, 0.1) is 6.20 Å². The molecule has 0 fully saturated rings. The molecular formula is C7H6F2NO. The molecule has 0 saturated heterocycles. The van der Waals surface area contributed by atoms with Crippen LogP contribution in [0.1, 0.15) is 0 Å². The van der Waals surface area contributed by atoms with Crippen LogP contribution in [0.25, 0.3) is 0 Å². The monoisotopic (exact) mass is 158 g/mol. The van der Waals surface area contributed by atoms with E-state index in [0.717, 1.165) is 0 Å². The van der Waals surface area contributed by atoms with Crippen LogP contribution >= 0.6 is 0 Å². The molecule has 1 aromatic heterocycles. The van der Waals surface area contributed by atoms with E-state index >= 15 is 0 Å². The largest absolute Gasteiger partial charge is 0.472 e. The third-order valence-electron chi connectivity index (χ3n) is 0.942. The van der Waals surface area contributed by atoms with Crippen LogP contribution in [0.5, 0.6) is 5.88 Å². The van der Waals surface area contributed by atoms with Crippen molar-refractivity contribution in [3.8, 4) is 5.88 Å². The molecule has 0 aliphatic heterocycles. The normalized spacial score (nSPS) is 10.1. The van der Waals surface area contributed by atoms with Crippen molar-refractivity contribution in [3.63, 3.8) is 0 Å². The topological polar surface area (TPSA) is 22.1 Å². The predicted molar refractivity (Wildman–Crippen MR) is 34.6 cm³/mol. The van der Waals surface area contributed by atoms with Crippen molar-refractivity contribution >= 4 is 0 Å². The van der Waals surface area contributed by atoms with Gasteiger partial charge in [0.1, 0.15) is 0 Å². The third-order valence-corrected chi connectivity index (χ3v) is 0.942. The first-order valence-corrected chi connectivity index (χ1v) is 3.03. The van der Waals surface area contributed by atoms with Gasteiger partial charge in [0.25, 0.3) is 6.43 Å². The zero-order valence-electron chi connectivity index (χ0n) is 5.63. The second-order valence-electron chi connectivity index (χ2n) is 1.81. The van der Waals surface area contributed by atoms with Gasteiger partial charge in [-0.1, -0.05) is 6.07 Å². The van der Waals surface area contributed by atoms with E-state index in [1.54, 1.807) is 12.1 Å². The Bertz CT molecular complexity index is 203. The molecule has 0 unspecified atom stereocenters. The Morgan fingerprint density at radius 1 is 1.64 bits per heavy atom. The maximum absolute atomic E-state index is 11.6. The number of rotatable bonds is 3. The van der Waals surface area contributed by atoms with Gasteiger partial charge in [0.15, 0.2) is 6.61 Å². The second kappa shape index (κ2) is 3.85. The third kappa shape index (κ3) is 2.93. The van der Waals surface area contributed by atoms with Gasteiger partial charge in [-0.3, -0.25) is 0 Å². The lowest BCUT2D eigenvalue weighted by atomic mass is 10.5. The van der Waals surface area contributed by atoms with E-state index in [9.17, 15) is 8.78 Å². The first-order chi connectivity index (χ1) is 5.29. The molecule has 0 bridgehead atoms. The van der Waals surface area contributed by atoms with E-state index in [1.165, 1.54) is 6.07 Å². The minimum atomic E-state index is -2.46. The minimum absolute atomic E-state index is 0.174. The van der Waals surface area contributed by atoms with Gasteiger partial charge in [-0.2, -0.15) is 0 Å². The molecule has 1 rings (SSSR count). The summed E-state index contributed by atoms with van der Waals surface area (Å²) in [5.74, 6) is 0.174. The lowest BCUT2D eigenvalue weighted by Gasteiger charge is -2.01. The summed E-state index contributed by atoms with van der Waals surface area (Å²) in [7, 11) is 0. The standard InChI is InChI=1S/C7H6F2NO/c8-6(9)5-11-7-3-1-2-4-10-7/h1-3,6H,5H2. The van der Waals surface area contributed by atoms with E-state index in [0.29, 0.717) is 0 Å². The van der Waals surface area contributed by atoms with Crippen LogP contribution in [0.3, 0.4) is 0 Å². The van der Waals surface area contributed by atoms with E-state index in [-0.39, 0.29) is 5.88 Å². The van der Waals surface area contributed by atoms with Crippen molar-refractivity contribution in [1.82, 2.24) is 4.98 Å². The van der Waals surface area contributed by atoms with Crippen LogP contribution in [0.4, 0.5) is 8.78 Å². The highest BCUT2D eigenvalue weighted by atomic mass is 19.3. The van der Waals surface area contributed by atoms with Gasteiger partial charge in [0.05, 0.1) is 6.20 Å². The molecule has 11 heavy (non-hydrogen) atoms. The van der Waals surface area contributed by atoms with Gasteiger partial charge in [0.2, 0.25) is 5.88 Å². The van der Waals surface area contributed by atoms with Gasteiger partial charge in [-0.25, -0.2) is 13.8 Å². The smallest absolute Gasteiger partial charge is 0.272 e. The van der Waals surface area contributed by atoms with Crippen molar-refractivity contribution < 1.29 is 13.5 Å². The van der Waals surface area contributed by atoms with Crippen LogP contribution in [-0.4, -0.2) is 18.0 Å². The van der Waals surface area contributed by atoms with Crippen molar-refractivity contribution in [1.29, 1.82) is 0 Å². The number of alkyl halides is 2. The summed E-state index contributed by atoms with van der Waals surface area (Å²) in [6, 6.07) is 4.68. The molecule has 0 atom stereocenters. The summed E-state index contributed by atoms with van der Waals surface area (Å²) in [6.07, 6.45) is 0.00371. The number of aromatic nitrogens is 1. The van der Waals surface area contributed by atoms with Crippen molar-refractivity contribution in [3.05, 3.63) is 24.4 Å². The first kappa shape index (κ1) is 7.91. The van der Waals surface area contributed by atoms with E-state index in [4.69, 9.17) is 0 Å². The molecule has 0 aliphatic carbocycles. The summed E-state index contributed by atoms with van der Waals surface area (Å²) >= 11 is 0. The predicted octanol–water partition coefficient (Wildman–Crippen LogP) is 1.53. The fourth-order valence-corrected chi connectivity index (χ4v) is 0.540. The molecule has 59 valence electrons. The average molecular weight is 158 g/mol. The van der Waals surface area contributed by atoms with E-state index in [2.05, 4.69) is 15.9 Å². The SMILES string of the molecule is FC(F)COc1ccc[c]n1. The summed E-state index contributed by atoms with van der Waals surface area (Å²) in [6.45, 7) is -0.620. The molecule has 0 saturated carbocycles. The van der Waals surface area contributed by atoms with Crippen molar-refractivity contribution in [2.24, 2.45) is 0 Å². The molecule has 1 radical (unpaired) electrons. The van der Waals surface area contributed by atoms with Gasteiger partial charge in [-0.15, -0.1) is 0 Å². The molecular weight excluding hydrogens is 152 g/mol. The Balaban J connectivity index is 2.39. The molecule has 0 aromatic carbocycles. The van der Waals surface area contributed by atoms with E-state index in [1.807, 2.05) is 0 Å². The zero-order chi connectivity index (χ0) is 8.10. The highest BCUT2D eigenvalue weighted by Gasteiger charge is 2.02. The Kier molecular flexibility index (Phi) is 2.77. The Hall–Kier alpha value is -1.19. The minimum Gasteiger partial charge on any atom is -0.472 e. The highest BCUT2D eigenvalue weighted by Crippen LogP contribution is 2.04. The van der Waals surface area contributed by atoms with Crippen LogP contribution in [-0.2, 0) is 0 Å². The van der Waals surface area contributed by atoms with Crippen LogP contribution in [0.15, 0.2) is 18.2 Å². The first-order valence-electron chi connectivity index (χ1n) is 3.03. The highest BCUT2D eigenvalue weighted by molar-refractivity contribution is 5.08. The number of ether oxygens (including phenoxy) is 1. The summed E-state index contributed by atoms with van der Waals surface area (Å²) < 4.78 is 27.7. The lowest BCUT2D eigenvalue weighted by molar-refractivity contribution is 0.0796. The second-order valence-corrected chi connectivity index (χ2v) is 1.81. The molecule has 0 N–H and O–H groups in total. The Morgan fingerprint density at radius 3 is 3.00 bits per heavy atom. The lowest BCUT2D eigenvalue weighted by Crippen LogP contribution is -2.07. The molecule has 1 aromatic rings. The quantitative estimate of drug-likeness (QED) is 0.665. The van der Waals surface area contributed by atoms with Gasteiger partial charge in [-0.05, 0) is 6.07 Å². The van der Waals surface area contributed by atoms with E-state index < -0.39 is 13.0 Å². The fourth-order valence-electron chi connectivity index (χ4n) is 0.540. The van der Waals surface area contributed by atoms with Crippen LogP contribution in [0.2, 0.25) is 0 Å². The van der Waals surface area contributed by atoms with Crippen molar-refractivity contribution in [2.75, 3.05) is 6.61 Å². The number of halogens is 2. The summed E-state index contributed by atoms with van der Waals surface area (Å²) in [4.78, 5) is 3.57. The number of hydrogen-bond acceptors (Lipinski definition) is 2. The van der Waals surface area contributed by atoms with Gasteiger partial charge < -0.3 is 4.74 Å². The Morgan fingerprint density at radius 2 is 2.45 bits per heavy atom. The Labute approximate surface area is 62.8 Å². The summed E-state index contributed by atoms with van der Waals surface area (Å²) in [5.41, 5.74) is 0. The fraction of sp³-hybridized carbons (Fsp3) is 0.286. The molecule has 2 nitrogen and oxygen atoms in total. The van der Waals surface area contributed by atoms with Gasteiger partial charge >= 0.3 is 0 Å². The molecule has 0 aliphatic rings. The number of hydrogen-bond donors (Lipinski definition) is 0. The van der Waals surface area contributed by atoms with Gasteiger partial charge in [0, 0.05) is 6.07 Å². The molecule has 1 heterocycles. The zero-order valence-corrected chi connectivity index (χ0v) is 5.63. The molecule has 4 heteroatoms.